The predicted molar refractivity (Wildman–Crippen MR) is 140 cm³/mol. The monoisotopic (exact) mass is 523 g/mol. The van der Waals surface area contributed by atoms with E-state index in [-0.39, 0.29) is 6.61 Å². The molecule has 3 aromatic rings. The molecule has 0 aliphatic carbocycles. The third kappa shape index (κ3) is 5.66. The number of nitrogens with zero attached hydrogens (tertiary/aromatic N) is 2. The Balaban J connectivity index is 1.49. The van der Waals surface area contributed by atoms with Crippen molar-refractivity contribution in [2.45, 2.75) is 29.4 Å². The van der Waals surface area contributed by atoms with Crippen molar-refractivity contribution in [2.24, 2.45) is 0 Å². The van der Waals surface area contributed by atoms with Crippen molar-refractivity contribution in [3.63, 3.8) is 0 Å². The number of β-lactam (4-membered cyclic amide) rings is 1. The highest BCUT2D eigenvalue weighted by molar-refractivity contribution is 8.77. The zero-order valence-electron chi connectivity index (χ0n) is 19.7. The fourth-order valence-corrected chi connectivity index (χ4v) is 6.28. The third-order valence-electron chi connectivity index (χ3n) is 5.48. The van der Waals surface area contributed by atoms with Crippen LogP contribution in [-0.4, -0.2) is 58.8 Å². The second kappa shape index (κ2) is 11.5. The Hall–Kier alpha value is -3.50. The number of methoxy groups -OCH3 is 1. The molecule has 36 heavy (non-hydrogen) atoms. The van der Waals surface area contributed by atoms with E-state index in [4.69, 9.17) is 9.47 Å². The first kappa shape index (κ1) is 25.6. The van der Waals surface area contributed by atoms with Crippen LogP contribution >= 0.6 is 21.6 Å². The van der Waals surface area contributed by atoms with Gasteiger partial charge in [-0.3, -0.25) is 9.59 Å². The fourth-order valence-electron chi connectivity index (χ4n) is 3.73. The van der Waals surface area contributed by atoms with E-state index in [2.05, 4.69) is 16.9 Å². The number of hydrogen-bond acceptors (Lipinski definition) is 8. The quantitative estimate of drug-likeness (QED) is 0.185. The molecule has 1 saturated heterocycles. The number of hydrogen-bond donors (Lipinski definition) is 1. The number of ether oxygens (including phenoxy) is 2. The summed E-state index contributed by atoms with van der Waals surface area (Å²) in [5.74, 6) is -0.883. The van der Waals surface area contributed by atoms with Crippen LogP contribution in [0.3, 0.4) is 0 Å². The molecule has 3 unspecified atom stereocenters. The van der Waals surface area contributed by atoms with Gasteiger partial charge in [0.2, 0.25) is 5.91 Å². The van der Waals surface area contributed by atoms with Gasteiger partial charge in [-0.25, -0.2) is 9.78 Å². The highest BCUT2D eigenvalue weighted by atomic mass is 33.1. The van der Waals surface area contributed by atoms with Gasteiger partial charge in [-0.15, -0.1) is 0 Å². The first-order valence-corrected chi connectivity index (χ1v) is 13.3. The highest BCUT2D eigenvalue weighted by Gasteiger charge is 2.54. The number of pyridine rings is 1. The second-order valence-electron chi connectivity index (χ2n) is 8.08. The number of aromatic nitrogens is 1. The third-order valence-corrected chi connectivity index (χ3v) is 8.07. The van der Waals surface area contributed by atoms with Crippen molar-refractivity contribution in [1.29, 1.82) is 0 Å². The number of rotatable bonds is 10. The number of likely N-dealkylation sites (tertiary alicyclic amines) is 1. The summed E-state index contributed by atoms with van der Waals surface area (Å²) in [7, 11) is 3.95. The lowest BCUT2D eigenvalue weighted by Crippen LogP contribution is -2.73. The van der Waals surface area contributed by atoms with Crippen LogP contribution in [0.15, 0.2) is 83.9 Å². The van der Waals surface area contributed by atoms with Gasteiger partial charge in [0.25, 0.3) is 5.91 Å². The normalized spacial score (nSPS) is 17.7. The van der Waals surface area contributed by atoms with E-state index in [1.807, 2.05) is 42.5 Å². The van der Waals surface area contributed by atoms with Crippen molar-refractivity contribution in [3.05, 3.63) is 78.9 Å². The maximum absolute atomic E-state index is 13.1. The van der Waals surface area contributed by atoms with Crippen LogP contribution in [0, 0.1) is 0 Å². The number of esters is 1. The Morgan fingerprint density at radius 3 is 2.56 bits per heavy atom. The Morgan fingerprint density at radius 2 is 1.83 bits per heavy atom. The fraction of sp³-hybridized carbons (Fsp3) is 0.231. The minimum atomic E-state index is -0.959. The molecule has 2 aromatic carbocycles. The molecule has 1 N–H and O–H groups in total. The maximum atomic E-state index is 13.1. The van der Waals surface area contributed by atoms with E-state index < -0.39 is 35.2 Å². The van der Waals surface area contributed by atoms with Gasteiger partial charge in [0.15, 0.2) is 12.6 Å². The Morgan fingerprint density at radius 1 is 1.11 bits per heavy atom. The molecule has 0 radical (unpaired) electrons. The van der Waals surface area contributed by atoms with Gasteiger partial charge in [-0.05, 0) is 47.6 Å². The summed E-state index contributed by atoms with van der Waals surface area (Å²) in [6.45, 7) is 5.28. The molecule has 1 fully saturated rings. The molecule has 8 nitrogen and oxygen atoms in total. The van der Waals surface area contributed by atoms with Crippen LogP contribution in [0.5, 0.6) is 5.75 Å². The summed E-state index contributed by atoms with van der Waals surface area (Å²) < 4.78 is 10.4. The molecule has 2 amide bonds. The lowest BCUT2D eigenvalue weighted by Gasteiger charge is -2.49. The average molecular weight is 524 g/mol. The summed E-state index contributed by atoms with van der Waals surface area (Å²) >= 11 is 0. The first-order chi connectivity index (χ1) is 17.4. The molecule has 4 rings (SSSR count). The summed E-state index contributed by atoms with van der Waals surface area (Å²) in [6.07, 6.45) is 0. The van der Waals surface area contributed by atoms with E-state index in [9.17, 15) is 14.4 Å². The van der Waals surface area contributed by atoms with Crippen LogP contribution in [-0.2, 0) is 19.1 Å². The van der Waals surface area contributed by atoms with Crippen molar-refractivity contribution >= 4 is 50.3 Å². The van der Waals surface area contributed by atoms with Crippen molar-refractivity contribution in [3.8, 4) is 5.75 Å². The van der Waals surface area contributed by atoms with E-state index >= 15 is 0 Å². The molecule has 1 aromatic heterocycles. The number of amides is 2. The molecule has 1 aliphatic rings. The largest absolute Gasteiger partial charge is 0.484 e. The van der Waals surface area contributed by atoms with Gasteiger partial charge >= 0.3 is 5.97 Å². The Bertz CT molecular complexity index is 1290. The van der Waals surface area contributed by atoms with Crippen molar-refractivity contribution in [1.82, 2.24) is 15.2 Å². The highest BCUT2D eigenvalue weighted by Crippen LogP contribution is 2.43. The SMILES string of the molecule is C=C(C)C(C(=O)OC)N1C(=O)C(NC(=O)COc2ccccc2)C1SSc1ccc2ccccc2n1. The first-order valence-electron chi connectivity index (χ1n) is 11.1. The lowest BCUT2D eigenvalue weighted by atomic mass is 9.99. The van der Waals surface area contributed by atoms with Gasteiger partial charge in [0, 0.05) is 5.39 Å². The average Bonchev–Trinajstić information content (AvgIpc) is 2.90. The van der Waals surface area contributed by atoms with E-state index in [1.165, 1.54) is 33.6 Å². The van der Waals surface area contributed by atoms with Gasteiger partial charge in [0.1, 0.15) is 22.2 Å². The lowest BCUT2D eigenvalue weighted by molar-refractivity contribution is -0.161. The zero-order valence-corrected chi connectivity index (χ0v) is 21.4. The molecule has 0 spiro atoms. The van der Waals surface area contributed by atoms with E-state index in [0.717, 1.165) is 15.9 Å². The maximum Gasteiger partial charge on any atom is 0.332 e. The number of fused-ring (bicyclic) bond motifs is 1. The molecule has 3 atom stereocenters. The number of nitrogens with one attached hydrogen (secondary N) is 1. The van der Waals surface area contributed by atoms with Gasteiger partial charge in [0.05, 0.1) is 12.6 Å². The molecule has 0 saturated carbocycles. The number of para-hydroxylation sites is 2. The molecule has 0 bridgehead atoms. The van der Waals surface area contributed by atoms with Crippen LogP contribution in [0.4, 0.5) is 0 Å². The van der Waals surface area contributed by atoms with Crippen molar-refractivity contribution in [2.75, 3.05) is 13.7 Å². The topological polar surface area (TPSA) is 97.8 Å². The van der Waals surface area contributed by atoms with Gasteiger partial charge in [-0.2, -0.15) is 0 Å². The van der Waals surface area contributed by atoms with Gasteiger partial charge in [-0.1, -0.05) is 59.8 Å². The predicted octanol–water partition coefficient (Wildman–Crippen LogP) is 3.82. The molecule has 2 heterocycles. The van der Waals surface area contributed by atoms with Crippen LogP contribution in [0.1, 0.15) is 6.92 Å². The summed E-state index contributed by atoms with van der Waals surface area (Å²) in [4.78, 5) is 44.2. The van der Waals surface area contributed by atoms with E-state index in [1.54, 1.807) is 31.2 Å². The van der Waals surface area contributed by atoms with Crippen LogP contribution in [0.25, 0.3) is 10.9 Å². The van der Waals surface area contributed by atoms with Crippen molar-refractivity contribution < 1.29 is 23.9 Å². The number of carbonyl (C=O) groups excluding carboxylic acids is 3. The van der Waals surface area contributed by atoms with Crippen LogP contribution in [0.2, 0.25) is 0 Å². The number of carbonyl (C=O) groups is 3. The molecular weight excluding hydrogens is 498 g/mol. The molecule has 1 aliphatic heterocycles. The molecule has 10 heteroatoms. The standard InChI is InChI=1S/C26H25N3O5S2/c1-16(2)23(26(32)33-3)29-24(31)22(28-20(30)15-34-18-10-5-4-6-11-18)25(29)36-35-21-14-13-17-9-7-8-12-19(17)27-21/h4-14,22-23,25H,1,15H2,2-3H3,(H,28,30). The second-order valence-corrected chi connectivity index (χ2v) is 10.4. The number of benzene rings is 2. The molecule has 186 valence electrons. The minimum Gasteiger partial charge on any atom is -0.484 e. The van der Waals surface area contributed by atoms with Gasteiger partial charge < -0.3 is 19.7 Å². The smallest absolute Gasteiger partial charge is 0.332 e. The minimum absolute atomic E-state index is 0.245. The molecular formula is C26H25N3O5S2. The summed E-state index contributed by atoms with van der Waals surface area (Å²) in [6, 6.07) is 18.8. The Labute approximate surface area is 216 Å². The van der Waals surface area contributed by atoms with E-state index in [0.29, 0.717) is 11.3 Å². The summed E-state index contributed by atoms with van der Waals surface area (Å²) in [5, 5.41) is 3.94. The van der Waals surface area contributed by atoms with Crippen LogP contribution < -0.4 is 10.1 Å². The zero-order chi connectivity index (χ0) is 25.7. The Kier molecular flexibility index (Phi) is 8.17. The summed E-state index contributed by atoms with van der Waals surface area (Å²) in [5.41, 5.74) is 1.31.